The number of nitrogens with zero attached hydrogens (tertiary/aromatic N) is 2. The summed E-state index contributed by atoms with van der Waals surface area (Å²) in [4.78, 5) is 5.54. The van der Waals surface area contributed by atoms with Gasteiger partial charge in [0.05, 0.1) is 16.5 Å². The van der Waals surface area contributed by atoms with Gasteiger partial charge in [-0.2, -0.15) is 0 Å². The number of hydrogen-bond donors (Lipinski definition) is 0. The molecule has 0 radical (unpaired) electrons. The van der Waals surface area contributed by atoms with Crippen molar-refractivity contribution in [1.82, 2.24) is 0 Å². The summed E-state index contributed by atoms with van der Waals surface area (Å²) in [7, 11) is -0.868. The van der Waals surface area contributed by atoms with Crippen LogP contribution in [-0.2, 0) is 16.5 Å². The van der Waals surface area contributed by atoms with E-state index >= 15 is 0 Å². The molecule has 2 nitrogen and oxygen atoms in total. The fourth-order valence-electron chi connectivity index (χ4n) is 5.46. The first kappa shape index (κ1) is 37.8. The van der Waals surface area contributed by atoms with E-state index in [1.54, 1.807) is 0 Å². The zero-order valence-electron chi connectivity index (χ0n) is 27.7. The van der Waals surface area contributed by atoms with Crippen LogP contribution in [0.1, 0.15) is 143 Å². The van der Waals surface area contributed by atoms with Crippen molar-refractivity contribution in [3.8, 4) is 0 Å². The van der Waals surface area contributed by atoms with Gasteiger partial charge in [-0.3, -0.25) is 0 Å². The fourth-order valence-corrected chi connectivity index (χ4v) is 9.24. The van der Waals surface area contributed by atoms with Gasteiger partial charge in [-0.05, 0) is 105 Å². The molecule has 0 amide bonds. The zero-order valence-corrected chi connectivity index (χ0v) is 29.7. The Bertz CT molecular complexity index is 1000. The normalized spacial score (nSPS) is 12.8. The molecule has 0 bridgehead atoms. The van der Waals surface area contributed by atoms with Crippen molar-refractivity contribution in [2.24, 2.45) is 4.99 Å². The molecule has 0 unspecified atom stereocenters. The van der Waals surface area contributed by atoms with Crippen LogP contribution in [0.15, 0.2) is 41.4 Å². The predicted octanol–water partition coefficient (Wildman–Crippen LogP) is 12.2. The summed E-state index contributed by atoms with van der Waals surface area (Å²) < 4.78 is 0. The van der Waals surface area contributed by atoms with Crippen LogP contribution >= 0.6 is 7.92 Å². The van der Waals surface area contributed by atoms with E-state index in [9.17, 15) is 0 Å². The van der Waals surface area contributed by atoms with Crippen molar-refractivity contribution in [3.05, 3.63) is 71.4 Å². The van der Waals surface area contributed by atoms with Gasteiger partial charge in [-0.15, -0.1) is 0 Å². The second-order valence-electron chi connectivity index (χ2n) is 14.0. The summed E-state index contributed by atoms with van der Waals surface area (Å²) in [5.74, 6) is 2.63. The minimum Gasteiger partial charge on any atom is -0.436 e. The van der Waals surface area contributed by atoms with E-state index in [0.717, 1.165) is 23.4 Å². The van der Waals surface area contributed by atoms with Crippen molar-refractivity contribution in [3.63, 3.8) is 0 Å². The van der Waals surface area contributed by atoms with Gasteiger partial charge in [-0.25, -0.2) is 0 Å². The standard InChI is InChI=1S/C34H54N2P.CH3.Ni/c1-22(2)26-17-15-18-27(23(3)4)31(26)35-30(21-37(33(9,10)11)34(12,13)14)36-32-28(24(5)6)19-16-20-29(32)25(7)8;;/h15-20,22-25H,21H2,1-14H3;1H3;/q2*-1;+2/p+1. The molecule has 0 aliphatic rings. The third-order valence-corrected chi connectivity index (χ3v) is 11.6. The summed E-state index contributed by atoms with van der Waals surface area (Å²) in [6.07, 6.45) is 0.950. The largest absolute Gasteiger partial charge is 2.00 e. The number of amidine groups is 1. The molecule has 0 spiro atoms. The molecular weight excluding hydrogens is 538 g/mol. The van der Waals surface area contributed by atoms with Crippen LogP contribution in [-0.4, -0.2) is 22.3 Å². The molecule has 39 heavy (non-hydrogen) atoms. The Morgan fingerprint density at radius 3 is 1.31 bits per heavy atom. The molecule has 2 rings (SSSR count). The Balaban J connectivity index is 0.00000722. The van der Waals surface area contributed by atoms with Crippen LogP contribution in [0.25, 0.3) is 5.32 Å². The van der Waals surface area contributed by atoms with Gasteiger partial charge in [0.15, 0.2) is 0 Å². The van der Waals surface area contributed by atoms with Crippen LogP contribution in [0.4, 0.5) is 11.4 Å². The second-order valence-corrected chi connectivity index (χ2v) is 18.3. The number of rotatable bonds is 8. The molecule has 0 saturated heterocycles. The minimum atomic E-state index is -0.868. The third-order valence-electron chi connectivity index (χ3n) is 7.31. The Kier molecular flexibility index (Phi) is 14.7. The van der Waals surface area contributed by atoms with Gasteiger partial charge in [0.1, 0.15) is 0 Å². The first-order valence-electron chi connectivity index (χ1n) is 14.4. The molecule has 0 atom stereocenters. The van der Waals surface area contributed by atoms with Crippen LogP contribution in [0, 0.1) is 7.43 Å². The van der Waals surface area contributed by atoms with E-state index in [4.69, 9.17) is 10.3 Å². The van der Waals surface area contributed by atoms with Gasteiger partial charge in [0.2, 0.25) is 0 Å². The molecule has 0 N–H and O–H groups in total. The van der Waals surface area contributed by atoms with Crippen LogP contribution in [0.3, 0.4) is 0 Å². The van der Waals surface area contributed by atoms with Crippen LogP contribution in [0.5, 0.6) is 0 Å². The van der Waals surface area contributed by atoms with Crippen molar-refractivity contribution < 1.29 is 16.5 Å². The van der Waals surface area contributed by atoms with Crippen molar-refractivity contribution >= 4 is 25.1 Å². The maximum Gasteiger partial charge on any atom is 2.00 e. The van der Waals surface area contributed by atoms with E-state index in [1.165, 1.54) is 22.3 Å². The molecule has 0 heterocycles. The topological polar surface area (TPSA) is 26.5 Å². The fraction of sp³-hybridized carbons (Fsp3) is 0.600. The Labute approximate surface area is 254 Å². The van der Waals surface area contributed by atoms with E-state index < -0.39 is 7.92 Å². The molecule has 4 heteroatoms. The monoisotopic (exact) mass is 595 g/mol. The first-order valence-corrected chi connectivity index (χ1v) is 16.1. The molecule has 2 aromatic rings. The van der Waals surface area contributed by atoms with Crippen molar-refractivity contribution in [2.45, 2.75) is 131 Å². The van der Waals surface area contributed by atoms with Gasteiger partial charge >= 0.3 is 16.5 Å². The quantitative estimate of drug-likeness (QED) is 0.0953. The Morgan fingerprint density at radius 1 is 0.667 bits per heavy atom. The number of para-hydroxylation sites is 2. The van der Waals surface area contributed by atoms with Crippen molar-refractivity contribution in [1.29, 1.82) is 0 Å². The predicted molar refractivity (Wildman–Crippen MR) is 178 cm³/mol. The smallest absolute Gasteiger partial charge is 0.436 e. The number of hydrogen-bond acceptors (Lipinski definition) is 1. The summed E-state index contributed by atoms with van der Waals surface area (Å²) in [6, 6.07) is 13.4. The molecule has 0 aromatic heterocycles. The van der Waals surface area contributed by atoms with E-state index in [1.807, 2.05) is 0 Å². The number of benzene rings is 2. The molecule has 2 aromatic carbocycles. The molecule has 222 valence electrons. The second kappa shape index (κ2) is 15.2. The molecule has 0 fully saturated rings. The van der Waals surface area contributed by atoms with Crippen LogP contribution < -0.4 is 0 Å². The van der Waals surface area contributed by atoms with E-state index in [-0.39, 0.29) is 34.2 Å². The summed E-state index contributed by atoms with van der Waals surface area (Å²) in [5.41, 5.74) is 7.56. The van der Waals surface area contributed by atoms with E-state index in [2.05, 4.69) is 133 Å². The summed E-state index contributed by atoms with van der Waals surface area (Å²) in [6.45, 7) is 32.7. The molecule has 0 aliphatic carbocycles. The molecule has 0 aliphatic heterocycles. The van der Waals surface area contributed by atoms with Gasteiger partial charge in [0, 0.05) is 7.92 Å². The number of aliphatic imine (C=N–C) groups is 1. The third kappa shape index (κ3) is 10.0. The van der Waals surface area contributed by atoms with E-state index in [0.29, 0.717) is 23.7 Å². The van der Waals surface area contributed by atoms with Gasteiger partial charge < -0.3 is 17.7 Å². The maximum absolute atomic E-state index is 5.54. The van der Waals surface area contributed by atoms with Crippen LogP contribution in [0.2, 0.25) is 0 Å². The Morgan fingerprint density at radius 2 is 1.00 bits per heavy atom. The summed E-state index contributed by atoms with van der Waals surface area (Å²) >= 11 is 0. The molecular formula is C35H58N2NiP+. The average molecular weight is 597 g/mol. The van der Waals surface area contributed by atoms with Gasteiger partial charge in [-0.1, -0.05) is 91.8 Å². The minimum absolute atomic E-state index is 0. The maximum atomic E-state index is 5.54. The van der Waals surface area contributed by atoms with Crippen molar-refractivity contribution in [2.75, 3.05) is 6.16 Å². The molecule has 0 saturated carbocycles. The average Bonchev–Trinajstić information content (AvgIpc) is 2.75. The summed E-state index contributed by atoms with van der Waals surface area (Å²) in [5, 5.41) is 6.00. The first-order chi connectivity index (χ1) is 16.9. The Hall–Kier alpha value is -1.17. The SMILES string of the molecule is CC(C)c1cccc(C(C)C)c1N=C(C[PH+](C(C)(C)C)C(C)(C)C)[N-]c1c(C(C)C)cccc1C(C)C.[CH3-].[Ni+2]. The zero-order chi connectivity index (χ0) is 28.3. The van der Waals surface area contributed by atoms with Gasteiger partial charge in [0.25, 0.3) is 0 Å².